The van der Waals surface area contributed by atoms with Crippen molar-refractivity contribution in [2.24, 2.45) is 5.92 Å². The quantitative estimate of drug-likeness (QED) is 0.842. The number of hydrogen-bond donors (Lipinski definition) is 1. The number of halogens is 4. The molecule has 19 heavy (non-hydrogen) atoms. The molecule has 1 unspecified atom stereocenters. The van der Waals surface area contributed by atoms with Crippen LogP contribution in [0, 0.1) is 11.7 Å². The number of nitrogens with one attached hydrogen (secondary N) is 1. The summed E-state index contributed by atoms with van der Waals surface area (Å²) in [5.74, 6) is -1.41. The van der Waals surface area contributed by atoms with Crippen molar-refractivity contribution < 1.29 is 22.4 Å². The normalized spacial score (nSPS) is 17.1. The number of carbonyl (C=O) groups excluding carboxylic acids is 1. The molecule has 0 bridgehead atoms. The van der Waals surface area contributed by atoms with Crippen LogP contribution in [0.3, 0.4) is 0 Å². The Balaban J connectivity index is 2.20. The second kappa shape index (κ2) is 4.83. The first-order chi connectivity index (χ1) is 8.79. The summed E-state index contributed by atoms with van der Waals surface area (Å²) in [5.41, 5.74) is -1.60. The highest BCUT2D eigenvalue weighted by molar-refractivity contribution is 5.94. The third kappa shape index (κ3) is 3.24. The standard InChI is InChI=1S/C13H13F4NO/c1-7(8-2-3-8)18-12(19)10-6-9(13(15,16)17)4-5-11(10)14/h4-8H,2-3H2,1H3,(H,18,19). The molecule has 0 aliphatic heterocycles. The minimum atomic E-state index is -4.59. The number of carbonyl (C=O) groups is 1. The summed E-state index contributed by atoms with van der Waals surface area (Å²) in [6, 6.07) is 1.68. The molecule has 2 rings (SSSR count). The van der Waals surface area contributed by atoms with E-state index in [0.29, 0.717) is 24.1 Å². The Morgan fingerprint density at radius 1 is 1.37 bits per heavy atom. The zero-order valence-corrected chi connectivity index (χ0v) is 10.2. The largest absolute Gasteiger partial charge is 0.416 e. The summed E-state index contributed by atoms with van der Waals surface area (Å²) in [6.07, 6.45) is -2.64. The van der Waals surface area contributed by atoms with Crippen molar-refractivity contribution in [1.82, 2.24) is 5.32 Å². The van der Waals surface area contributed by atoms with Crippen molar-refractivity contribution in [3.8, 4) is 0 Å². The van der Waals surface area contributed by atoms with E-state index in [1.807, 2.05) is 0 Å². The SMILES string of the molecule is CC(NC(=O)c1cc(C(F)(F)F)ccc1F)C1CC1. The van der Waals surface area contributed by atoms with Gasteiger partial charge in [0.25, 0.3) is 5.91 Å². The molecule has 1 saturated carbocycles. The van der Waals surface area contributed by atoms with Crippen molar-refractivity contribution in [3.05, 3.63) is 35.1 Å². The third-order valence-corrected chi connectivity index (χ3v) is 3.23. The van der Waals surface area contributed by atoms with Crippen LogP contribution in [0.4, 0.5) is 17.6 Å². The molecule has 1 atom stereocenters. The molecule has 1 N–H and O–H groups in total. The summed E-state index contributed by atoms with van der Waals surface area (Å²) < 4.78 is 51.0. The smallest absolute Gasteiger partial charge is 0.349 e. The van der Waals surface area contributed by atoms with Gasteiger partial charge < -0.3 is 5.32 Å². The van der Waals surface area contributed by atoms with Crippen LogP contribution in [0.2, 0.25) is 0 Å². The molecule has 0 heterocycles. The maximum absolute atomic E-state index is 13.4. The molecule has 1 fully saturated rings. The molecule has 1 aliphatic rings. The molecule has 6 heteroatoms. The Hall–Kier alpha value is -1.59. The molecular weight excluding hydrogens is 262 g/mol. The van der Waals surface area contributed by atoms with Crippen molar-refractivity contribution in [3.63, 3.8) is 0 Å². The zero-order chi connectivity index (χ0) is 14.2. The summed E-state index contributed by atoms with van der Waals surface area (Å²) in [6.45, 7) is 1.76. The lowest BCUT2D eigenvalue weighted by Gasteiger charge is -2.14. The van der Waals surface area contributed by atoms with Gasteiger partial charge in [-0.1, -0.05) is 0 Å². The van der Waals surface area contributed by atoms with Gasteiger partial charge in [0.05, 0.1) is 11.1 Å². The fourth-order valence-corrected chi connectivity index (χ4v) is 1.87. The fraction of sp³-hybridized carbons (Fsp3) is 0.462. The molecule has 1 amide bonds. The van der Waals surface area contributed by atoms with Gasteiger partial charge in [-0.05, 0) is 43.9 Å². The van der Waals surface area contributed by atoms with Crippen molar-refractivity contribution >= 4 is 5.91 Å². The third-order valence-electron chi connectivity index (χ3n) is 3.23. The minimum Gasteiger partial charge on any atom is -0.349 e. The molecule has 0 aromatic heterocycles. The van der Waals surface area contributed by atoms with E-state index >= 15 is 0 Å². The number of amides is 1. The predicted molar refractivity (Wildman–Crippen MR) is 61.1 cm³/mol. The molecule has 0 saturated heterocycles. The van der Waals surface area contributed by atoms with Crippen LogP contribution >= 0.6 is 0 Å². The predicted octanol–water partition coefficient (Wildman–Crippen LogP) is 3.37. The van der Waals surface area contributed by atoms with Crippen LogP contribution < -0.4 is 5.32 Å². The van der Waals surface area contributed by atoms with Gasteiger partial charge in [0, 0.05) is 6.04 Å². The molecular formula is C13H13F4NO. The Bertz CT molecular complexity index is 494. The van der Waals surface area contributed by atoms with Crippen LogP contribution in [-0.2, 0) is 6.18 Å². The Kier molecular flexibility index (Phi) is 3.52. The molecule has 1 aromatic carbocycles. The number of hydrogen-bond acceptors (Lipinski definition) is 1. The van der Waals surface area contributed by atoms with E-state index in [9.17, 15) is 22.4 Å². The Labute approximate surface area is 107 Å². The first kappa shape index (κ1) is 13.8. The van der Waals surface area contributed by atoms with Crippen molar-refractivity contribution in [2.45, 2.75) is 32.0 Å². The fourth-order valence-electron chi connectivity index (χ4n) is 1.87. The Morgan fingerprint density at radius 3 is 2.53 bits per heavy atom. The summed E-state index contributed by atoms with van der Waals surface area (Å²) in [4.78, 5) is 11.8. The summed E-state index contributed by atoms with van der Waals surface area (Å²) in [5, 5.41) is 2.53. The maximum atomic E-state index is 13.4. The molecule has 2 nitrogen and oxygen atoms in total. The van der Waals surface area contributed by atoms with Crippen LogP contribution in [0.15, 0.2) is 18.2 Å². The van der Waals surface area contributed by atoms with Gasteiger partial charge in [-0.2, -0.15) is 13.2 Å². The van der Waals surface area contributed by atoms with Crippen LogP contribution in [0.5, 0.6) is 0 Å². The summed E-state index contributed by atoms with van der Waals surface area (Å²) >= 11 is 0. The lowest BCUT2D eigenvalue weighted by Crippen LogP contribution is -2.34. The lowest BCUT2D eigenvalue weighted by atomic mass is 10.1. The molecule has 104 valence electrons. The first-order valence-corrected chi connectivity index (χ1v) is 5.96. The van der Waals surface area contributed by atoms with E-state index in [1.165, 1.54) is 0 Å². The number of rotatable bonds is 3. The van der Waals surface area contributed by atoms with E-state index in [1.54, 1.807) is 6.92 Å². The average molecular weight is 275 g/mol. The van der Waals surface area contributed by atoms with Crippen molar-refractivity contribution in [1.29, 1.82) is 0 Å². The van der Waals surface area contributed by atoms with E-state index in [-0.39, 0.29) is 6.04 Å². The number of alkyl halides is 3. The highest BCUT2D eigenvalue weighted by atomic mass is 19.4. The van der Waals surface area contributed by atoms with Gasteiger partial charge in [-0.15, -0.1) is 0 Å². The molecule has 1 aliphatic carbocycles. The number of benzene rings is 1. The zero-order valence-electron chi connectivity index (χ0n) is 10.2. The van der Waals surface area contributed by atoms with Gasteiger partial charge in [0.2, 0.25) is 0 Å². The molecule has 1 aromatic rings. The van der Waals surface area contributed by atoms with Gasteiger partial charge in [-0.3, -0.25) is 4.79 Å². The lowest BCUT2D eigenvalue weighted by molar-refractivity contribution is -0.137. The van der Waals surface area contributed by atoms with Gasteiger partial charge in [-0.25, -0.2) is 4.39 Å². The van der Waals surface area contributed by atoms with Gasteiger partial charge in [0.15, 0.2) is 0 Å². The van der Waals surface area contributed by atoms with E-state index in [4.69, 9.17) is 0 Å². The summed E-state index contributed by atoms with van der Waals surface area (Å²) in [7, 11) is 0. The van der Waals surface area contributed by atoms with Crippen molar-refractivity contribution in [2.75, 3.05) is 0 Å². The average Bonchev–Trinajstić information content (AvgIpc) is 3.11. The van der Waals surface area contributed by atoms with Crippen LogP contribution in [0.25, 0.3) is 0 Å². The van der Waals surface area contributed by atoms with E-state index < -0.39 is 29.0 Å². The maximum Gasteiger partial charge on any atom is 0.416 e. The van der Waals surface area contributed by atoms with Gasteiger partial charge >= 0.3 is 6.18 Å². The highest BCUT2D eigenvalue weighted by Crippen LogP contribution is 2.33. The topological polar surface area (TPSA) is 29.1 Å². The second-order valence-corrected chi connectivity index (χ2v) is 4.79. The minimum absolute atomic E-state index is 0.151. The van der Waals surface area contributed by atoms with Crippen LogP contribution in [-0.4, -0.2) is 11.9 Å². The Morgan fingerprint density at radius 2 is 2.00 bits per heavy atom. The van der Waals surface area contributed by atoms with Crippen LogP contribution in [0.1, 0.15) is 35.7 Å². The molecule has 0 radical (unpaired) electrons. The van der Waals surface area contributed by atoms with E-state index in [2.05, 4.69) is 5.32 Å². The molecule has 0 spiro atoms. The second-order valence-electron chi connectivity index (χ2n) is 4.79. The van der Waals surface area contributed by atoms with E-state index in [0.717, 1.165) is 12.8 Å². The monoisotopic (exact) mass is 275 g/mol. The van der Waals surface area contributed by atoms with Gasteiger partial charge in [0.1, 0.15) is 5.82 Å². The highest BCUT2D eigenvalue weighted by Gasteiger charge is 2.33. The first-order valence-electron chi connectivity index (χ1n) is 5.96.